The van der Waals surface area contributed by atoms with E-state index in [9.17, 15) is 0 Å². The summed E-state index contributed by atoms with van der Waals surface area (Å²) in [6.07, 6.45) is -0.0719. The van der Waals surface area contributed by atoms with E-state index in [1.54, 1.807) is 6.92 Å². The molecule has 0 saturated carbocycles. The molecule has 0 fully saturated rings. The molecule has 0 amide bonds. The second-order valence-electron chi connectivity index (χ2n) is 2.20. The molecule has 3 heteroatoms. The minimum absolute atomic E-state index is 0.232. The third kappa shape index (κ3) is 3.82. The molecular formula is C7H16O3. The lowest BCUT2D eigenvalue weighted by Crippen LogP contribution is -2.27. The molecule has 0 spiro atoms. The van der Waals surface area contributed by atoms with E-state index < -0.39 is 6.29 Å². The van der Waals surface area contributed by atoms with Crippen molar-refractivity contribution in [2.75, 3.05) is 13.7 Å². The van der Waals surface area contributed by atoms with Gasteiger partial charge in [-0.1, -0.05) is 6.92 Å². The molecule has 1 N–H and O–H groups in total. The van der Waals surface area contributed by atoms with Crippen LogP contribution in [0.3, 0.4) is 0 Å². The Morgan fingerprint density at radius 1 is 1.50 bits per heavy atom. The van der Waals surface area contributed by atoms with Crippen molar-refractivity contribution < 1.29 is 14.6 Å². The molecule has 0 heterocycles. The number of aliphatic hydroxyl groups excluding tert-OH is 1. The van der Waals surface area contributed by atoms with E-state index in [-0.39, 0.29) is 6.10 Å². The average molecular weight is 148 g/mol. The summed E-state index contributed by atoms with van der Waals surface area (Å²) in [5.74, 6) is 0. The Kier molecular flexibility index (Phi) is 5.58. The molecule has 3 nitrogen and oxygen atoms in total. The van der Waals surface area contributed by atoms with E-state index in [4.69, 9.17) is 9.84 Å². The fourth-order valence-electron chi connectivity index (χ4n) is 0.578. The summed E-state index contributed by atoms with van der Waals surface area (Å²) in [7, 11) is 1.45. The van der Waals surface area contributed by atoms with Crippen LogP contribution in [0.25, 0.3) is 0 Å². The average Bonchev–Trinajstić information content (AvgIpc) is 1.98. The van der Waals surface area contributed by atoms with Gasteiger partial charge < -0.3 is 14.6 Å². The van der Waals surface area contributed by atoms with E-state index in [0.717, 1.165) is 6.42 Å². The van der Waals surface area contributed by atoms with Crippen LogP contribution in [0.2, 0.25) is 0 Å². The summed E-state index contributed by atoms with van der Waals surface area (Å²) in [5.41, 5.74) is 0. The molecule has 62 valence electrons. The van der Waals surface area contributed by atoms with Crippen molar-refractivity contribution in [3.05, 3.63) is 0 Å². The molecule has 0 aliphatic rings. The van der Waals surface area contributed by atoms with Crippen LogP contribution in [0.5, 0.6) is 0 Å². The number of ether oxygens (including phenoxy) is 2. The summed E-state index contributed by atoms with van der Waals surface area (Å²) >= 11 is 0. The Balaban J connectivity index is 3.31. The van der Waals surface area contributed by atoms with Gasteiger partial charge in [0.2, 0.25) is 0 Å². The highest BCUT2D eigenvalue weighted by Gasteiger charge is 2.11. The van der Waals surface area contributed by atoms with Crippen molar-refractivity contribution >= 4 is 0 Å². The molecule has 0 rings (SSSR count). The van der Waals surface area contributed by atoms with Crippen LogP contribution in [0.1, 0.15) is 20.3 Å². The zero-order chi connectivity index (χ0) is 7.98. The van der Waals surface area contributed by atoms with Crippen LogP contribution in [0, 0.1) is 0 Å². The molecule has 0 aromatic carbocycles. The number of hydrogen-bond donors (Lipinski definition) is 1. The van der Waals surface area contributed by atoms with Gasteiger partial charge in [-0.15, -0.1) is 0 Å². The second kappa shape index (κ2) is 5.65. The quantitative estimate of drug-likeness (QED) is 0.585. The van der Waals surface area contributed by atoms with Crippen molar-refractivity contribution in [3.63, 3.8) is 0 Å². The van der Waals surface area contributed by atoms with Crippen molar-refractivity contribution in [1.29, 1.82) is 0 Å². The van der Waals surface area contributed by atoms with Crippen LogP contribution in [-0.4, -0.2) is 31.2 Å². The van der Waals surface area contributed by atoms with Gasteiger partial charge in [-0.3, -0.25) is 0 Å². The molecule has 0 bridgehead atoms. The van der Waals surface area contributed by atoms with Gasteiger partial charge >= 0.3 is 0 Å². The van der Waals surface area contributed by atoms with Gasteiger partial charge in [-0.25, -0.2) is 0 Å². The van der Waals surface area contributed by atoms with E-state index >= 15 is 0 Å². The summed E-state index contributed by atoms with van der Waals surface area (Å²) in [5, 5.41) is 9.01. The summed E-state index contributed by atoms with van der Waals surface area (Å²) in [6, 6.07) is 0. The Bertz CT molecular complexity index is 75.3. The Morgan fingerprint density at radius 3 is 2.50 bits per heavy atom. The molecule has 10 heavy (non-hydrogen) atoms. The molecular weight excluding hydrogens is 132 g/mol. The third-order valence-corrected chi connectivity index (χ3v) is 1.23. The summed E-state index contributed by atoms with van der Waals surface area (Å²) < 4.78 is 9.81. The highest BCUT2D eigenvalue weighted by molar-refractivity contribution is 4.51. The zero-order valence-electron chi connectivity index (χ0n) is 6.83. The van der Waals surface area contributed by atoms with E-state index in [0.29, 0.717) is 6.61 Å². The van der Waals surface area contributed by atoms with E-state index in [2.05, 4.69) is 4.74 Å². The Hall–Kier alpha value is -0.120. The minimum atomic E-state index is -0.799. The number of methoxy groups -OCH3 is 1. The molecule has 2 unspecified atom stereocenters. The molecule has 0 aromatic heterocycles. The van der Waals surface area contributed by atoms with Gasteiger partial charge in [-0.05, 0) is 13.3 Å². The molecule has 0 aliphatic heterocycles. The zero-order valence-corrected chi connectivity index (χ0v) is 6.83. The molecule has 0 saturated heterocycles. The maximum absolute atomic E-state index is 9.01. The van der Waals surface area contributed by atoms with Crippen LogP contribution >= 0.6 is 0 Å². The highest BCUT2D eigenvalue weighted by atomic mass is 16.6. The standard InChI is InChI=1S/C7H16O3/c1-4-5-10-6(2)7(8)9-3/h6-8H,4-5H2,1-3H3. The maximum Gasteiger partial charge on any atom is 0.180 e. The van der Waals surface area contributed by atoms with Gasteiger partial charge in [0.15, 0.2) is 6.29 Å². The predicted molar refractivity (Wildman–Crippen MR) is 38.7 cm³/mol. The van der Waals surface area contributed by atoms with Crippen LogP contribution in [0.15, 0.2) is 0 Å². The van der Waals surface area contributed by atoms with E-state index in [1.807, 2.05) is 6.92 Å². The van der Waals surface area contributed by atoms with Gasteiger partial charge in [0.1, 0.15) is 6.10 Å². The molecule has 0 aliphatic carbocycles. The normalized spacial score (nSPS) is 16.8. The molecule has 0 aromatic rings. The fraction of sp³-hybridized carbons (Fsp3) is 1.00. The summed E-state index contributed by atoms with van der Waals surface area (Å²) in [4.78, 5) is 0. The first-order chi connectivity index (χ1) is 4.72. The largest absolute Gasteiger partial charge is 0.373 e. The van der Waals surface area contributed by atoms with Crippen molar-refractivity contribution in [2.24, 2.45) is 0 Å². The smallest absolute Gasteiger partial charge is 0.180 e. The van der Waals surface area contributed by atoms with Crippen molar-refractivity contribution in [3.8, 4) is 0 Å². The van der Waals surface area contributed by atoms with Crippen molar-refractivity contribution in [1.82, 2.24) is 0 Å². The Labute approximate surface area is 62.0 Å². The van der Waals surface area contributed by atoms with Crippen LogP contribution in [-0.2, 0) is 9.47 Å². The third-order valence-electron chi connectivity index (χ3n) is 1.23. The topological polar surface area (TPSA) is 38.7 Å². The lowest BCUT2D eigenvalue weighted by molar-refractivity contribution is -0.157. The maximum atomic E-state index is 9.01. The first-order valence-corrected chi connectivity index (χ1v) is 3.54. The molecule has 0 radical (unpaired) electrons. The Morgan fingerprint density at radius 2 is 2.10 bits per heavy atom. The van der Waals surface area contributed by atoms with E-state index in [1.165, 1.54) is 7.11 Å². The van der Waals surface area contributed by atoms with Crippen LogP contribution < -0.4 is 0 Å². The fourth-order valence-corrected chi connectivity index (χ4v) is 0.578. The minimum Gasteiger partial charge on any atom is -0.373 e. The number of hydrogen-bond acceptors (Lipinski definition) is 3. The highest BCUT2D eigenvalue weighted by Crippen LogP contribution is 1.99. The first-order valence-electron chi connectivity index (χ1n) is 3.54. The van der Waals surface area contributed by atoms with Gasteiger partial charge in [0.25, 0.3) is 0 Å². The van der Waals surface area contributed by atoms with Crippen molar-refractivity contribution in [2.45, 2.75) is 32.7 Å². The second-order valence-corrected chi connectivity index (χ2v) is 2.20. The van der Waals surface area contributed by atoms with Gasteiger partial charge in [-0.2, -0.15) is 0 Å². The first kappa shape index (κ1) is 9.88. The molecule has 2 atom stereocenters. The monoisotopic (exact) mass is 148 g/mol. The number of aliphatic hydroxyl groups is 1. The predicted octanol–water partition coefficient (Wildman–Crippen LogP) is 0.766. The van der Waals surface area contributed by atoms with Gasteiger partial charge in [0.05, 0.1) is 0 Å². The lowest BCUT2D eigenvalue weighted by atomic mass is 10.4. The SMILES string of the molecule is CCCOC(C)C(O)OC. The number of rotatable bonds is 5. The van der Waals surface area contributed by atoms with Crippen LogP contribution in [0.4, 0.5) is 0 Å². The lowest BCUT2D eigenvalue weighted by Gasteiger charge is -2.16. The van der Waals surface area contributed by atoms with Gasteiger partial charge in [0, 0.05) is 13.7 Å². The summed E-state index contributed by atoms with van der Waals surface area (Å²) in [6.45, 7) is 4.47.